The number of hydrogen-bond acceptors (Lipinski definition) is 3. The van der Waals surface area contributed by atoms with E-state index in [1.165, 1.54) is 0 Å². The normalized spacial score (nSPS) is 27.6. The first-order valence-corrected chi connectivity index (χ1v) is 7.74. The van der Waals surface area contributed by atoms with Crippen molar-refractivity contribution in [2.45, 2.75) is 57.5 Å². The summed E-state index contributed by atoms with van der Waals surface area (Å²) in [5.41, 5.74) is 2.07. The van der Waals surface area contributed by atoms with Gasteiger partial charge in [0.1, 0.15) is 0 Å². The molecule has 3 rings (SSSR count). The van der Waals surface area contributed by atoms with Crippen molar-refractivity contribution in [2.75, 3.05) is 6.54 Å². The minimum Gasteiger partial charge on any atom is -0.349 e. The monoisotopic (exact) mass is 289 g/mol. The summed E-state index contributed by atoms with van der Waals surface area (Å²) in [5.74, 6) is -0.0388. The summed E-state index contributed by atoms with van der Waals surface area (Å²) in [6.45, 7) is 4.71. The molecule has 1 aliphatic carbocycles. The fraction of sp³-hybridized carbons (Fsp3) is 0.625. The predicted octanol–water partition coefficient (Wildman–Crippen LogP) is 0.935. The summed E-state index contributed by atoms with van der Waals surface area (Å²) in [7, 11) is 0. The Morgan fingerprint density at radius 2 is 2.24 bits per heavy atom. The molecule has 0 aromatic carbocycles. The molecule has 1 saturated carbocycles. The molecule has 1 aromatic heterocycles. The van der Waals surface area contributed by atoms with Gasteiger partial charge >= 0.3 is 0 Å². The molecular weight excluding hydrogens is 266 g/mol. The second-order valence-corrected chi connectivity index (χ2v) is 6.47. The van der Waals surface area contributed by atoms with Crippen LogP contribution in [0, 0.1) is 13.8 Å². The summed E-state index contributed by atoms with van der Waals surface area (Å²) in [4.78, 5) is 27.2. The van der Waals surface area contributed by atoms with Crippen LogP contribution in [0.5, 0.6) is 0 Å². The Hall–Kier alpha value is -1.62. The quantitative estimate of drug-likeness (QED) is 0.775. The van der Waals surface area contributed by atoms with Crippen LogP contribution in [-0.2, 0) is 11.2 Å². The molecule has 1 aromatic rings. The summed E-state index contributed by atoms with van der Waals surface area (Å²) in [6.07, 6.45) is 4.48. The average Bonchev–Trinajstić information content (AvgIpc) is 2.92. The van der Waals surface area contributed by atoms with Crippen LogP contribution in [0.1, 0.15) is 42.5 Å². The molecule has 0 radical (unpaired) electrons. The molecule has 0 spiro atoms. The second kappa shape index (κ2) is 5.30. The van der Waals surface area contributed by atoms with Gasteiger partial charge in [-0.2, -0.15) is 0 Å². The Balaban J connectivity index is 1.74. The van der Waals surface area contributed by atoms with Crippen LogP contribution in [0.2, 0.25) is 0 Å². The Morgan fingerprint density at radius 1 is 1.43 bits per heavy atom. The number of aromatic amines is 1. The van der Waals surface area contributed by atoms with E-state index >= 15 is 0 Å². The molecule has 21 heavy (non-hydrogen) atoms. The summed E-state index contributed by atoms with van der Waals surface area (Å²) >= 11 is 0. The molecule has 2 fully saturated rings. The number of aromatic nitrogens is 1. The molecule has 5 nitrogen and oxygen atoms in total. The van der Waals surface area contributed by atoms with Crippen LogP contribution in [0.4, 0.5) is 0 Å². The minimum absolute atomic E-state index is 0.0388. The molecule has 2 atom stereocenters. The van der Waals surface area contributed by atoms with Crippen molar-refractivity contribution in [1.82, 2.24) is 15.6 Å². The SMILES string of the molecule is Cc1cc(C)c(CC(=O)NC23CCCC2NCC3)c(=O)[nH]1. The lowest BCUT2D eigenvalue weighted by Crippen LogP contribution is -2.53. The van der Waals surface area contributed by atoms with Crippen LogP contribution in [0.25, 0.3) is 0 Å². The number of H-pyrrole nitrogens is 1. The zero-order valence-corrected chi connectivity index (χ0v) is 12.7. The molecule has 1 saturated heterocycles. The van der Waals surface area contributed by atoms with E-state index in [4.69, 9.17) is 0 Å². The summed E-state index contributed by atoms with van der Waals surface area (Å²) < 4.78 is 0. The van der Waals surface area contributed by atoms with E-state index in [1.807, 2.05) is 19.9 Å². The average molecular weight is 289 g/mol. The Morgan fingerprint density at radius 3 is 3.00 bits per heavy atom. The number of amides is 1. The number of nitrogens with one attached hydrogen (secondary N) is 3. The van der Waals surface area contributed by atoms with E-state index in [0.29, 0.717) is 11.6 Å². The minimum atomic E-state index is -0.146. The van der Waals surface area contributed by atoms with Crippen LogP contribution >= 0.6 is 0 Å². The van der Waals surface area contributed by atoms with Gasteiger partial charge < -0.3 is 15.6 Å². The van der Waals surface area contributed by atoms with Gasteiger partial charge in [0.05, 0.1) is 12.0 Å². The van der Waals surface area contributed by atoms with Crippen molar-refractivity contribution in [3.8, 4) is 0 Å². The standard InChI is InChI=1S/C16H23N3O2/c1-10-8-11(2)18-15(21)12(10)9-14(20)19-16-5-3-4-13(16)17-7-6-16/h8,13,17H,3-7,9H2,1-2H3,(H,18,21)(H,19,20). The Kier molecular flexibility index (Phi) is 3.61. The highest BCUT2D eigenvalue weighted by atomic mass is 16.2. The number of rotatable bonds is 3. The molecule has 2 aliphatic rings. The number of carbonyl (C=O) groups is 1. The lowest BCUT2D eigenvalue weighted by Gasteiger charge is -2.30. The fourth-order valence-corrected chi connectivity index (χ4v) is 3.93. The lowest BCUT2D eigenvalue weighted by atomic mass is 9.92. The van der Waals surface area contributed by atoms with Crippen molar-refractivity contribution < 1.29 is 4.79 Å². The van der Waals surface area contributed by atoms with E-state index in [9.17, 15) is 9.59 Å². The van der Waals surface area contributed by atoms with Gasteiger partial charge in [-0.05, 0) is 57.7 Å². The van der Waals surface area contributed by atoms with Gasteiger partial charge in [-0.3, -0.25) is 9.59 Å². The van der Waals surface area contributed by atoms with E-state index < -0.39 is 0 Å². The summed E-state index contributed by atoms with van der Waals surface area (Å²) in [5, 5.41) is 6.69. The molecule has 1 aliphatic heterocycles. The van der Waals surface area contributed by atoms with Crippen LogP contribution in [0.3, 0.4) is 0 Å². The van der Waals surface area contributed by atoms with Crippen LogP contribution in [0.15, 0.2) is 10.9 Å². The van der Waals surface area contributed by atoms with E-state index in [1.54, 1.807) is 0 Å². The molecule has 114 valence electrons. The third kappa shape index (κ3) is 2.62. The fourth-order valence-electron chi connectivity index (χ4n) is 3.93. The van der Waals surface area contributed by atoms with Gasteiger partial charge in [0.25, 0.3) is 5.56 Å². The van der Waals surface area contributed by atoms with Crippen molar-refractivity contribution in [3.05, 3.63) is 33.2 Å². The largest absolute Gasteiger partial charge is 0.349 e. The predicted molar refractivity (Wildman–Crippen MR) is 81.4 cm³/mol. The van der Waals surface area contributed by atoms with Gasteiger partial charge in [-0.15, -0.1) is 0 Å². The molecular formula is C16H23N3O2. The van der Waals surface area contributed by atoms with Gasteiger partial charge in [0.15, 0.2) is 0 Å². The van der Waals surface area contributed by atoms with E-state index in [2.05, 4.69) is 15.6 Å². The maximum absolute atomic E-state index is 12.4. The van der Waals surface area contributed by atoms with Gasteiger partial charge in [0.2, 0.25) is 5.91 Å². The highest BCUT2D eigenvalue weighted by Crippen LogP contribution is 2.36. The Bertz CT molecular complexity index is 610. The number of carbonyl (C=O) groups excluding carboxylic acids is 1. The topological polar surface area (TPSA) is 74.0 Å². The van der Waals surface area contributed by atoms with Crippen molar-refractivity contribution >= 4 is 5.91 Å². The third-order valence-electron chi connectivity index (χ3n) is 4.96. The number of fused-ring (bicyclic) bond motifs is 1. The first-order chi connectivity index (χ1) is 10.00. The van der Waals surface area contributed by atoms with Gasteiger partial charge in [0, 0.05) is 17.3 Å². The lowest BCUT2D eigenvalue weighted by molar-refractivity contribution is -0.122. The third-order valence-corrected chi connectivity index (χ3v) is 4.96. The Labute approximate surface area is 124 Å². The van der Waals surface area contributed by atoms with E-state index in [0.717, 1.165) is 43.5 Å². The zero-order valence-electron chi connectivity index (χ0n) is 12.7. The molecule has 5 heteroatoms. The number of pyridine rings is 1. The highest BCUT2D eigenvalue weighted by Gasteiger charge is 2.46. The first kappa shape index (κ1) is 14.3. The van der Waals surface area contributed by atoms with Crippen molar-refractivity contribution in [3.63, 3.8) is 0 Å². The second-order valence-electron chi connectivity index (χ2n) is 6.47. The van der Waals surface area contributed by atoms with Crippen molar-refractivity contribution in [2.24, 2.45) is 0 Å². The van der Waals surface area contributed by atoms with E-state index in [-0.39, 0.29) is 23.4 Å². The molecule has 0 bridgehead atoms. The molecule has 2 unspecified atom stereocenters. The van der Waals surface area contributed by atoms with Crippen LogP contribution < -0.4 is 16.2 Å². The molecule has 3 N–H and O–H groups in total. The van der Waals surface area contributed by atoms with Crippen molar-refractivity contribution in [1.29, 1.82) is 0 Å². The highest BCUT2D eigenvalue weighted by molar-refractivity contribution is 5.80. The number of aryl methyl sites for hydroxylation is 2. The zero-order chi connectivity index (χ0) is 15.0. The van der Waals surface area contributed by atoms with Gasteiger partial charge in [-0.1, -0.05) is 0 Å². The first-order valence-electron chi connectivity index (χ1n) is 7.74. The maximum atomic E-state index is 12.4. The van der Waals surface area contributed by atoms with Gasteiger partial charge in [-0.25, -0.2) is 0 Å². The molecule has 1 amide bonds. The molecule has 2 heterocycles. The summed E-state index contributed by atoms with van der Waals surface area (Å²) in [6, 6.07) is 2.32. The van der Waals surface area contributed by atoms with Crippen LogP contribution in [-0.4, -0.2) is 29.0 Å². The number of hydrogen-bond donors (Lipinski definition) is 3. The maximum Gasteiger partial charge on any atom is 0.252 e. The smallest absolute Gasteiger partial charge is 0.252 e.